The van der Waals surface area contributed by atoms with Crippen molar-refractivity contribution in [3.8, 4) is 0 Å². The highest BCUT2D eigenvalue weighted by atomic mass is 32.2. The molecular weight excluding hydrogens is 236 g/mol. The lowest BCUT2D eigenvalue weighted by Crippen LogP contribution is -2.29. The van der Waals surface area contributed by atoms with Gasteiger partial charge in [-0.1, -0.05) is 0 Å². The van der Waals surface area contributed by atoms with Crippen molar-refractivity contribution in [2.75, 3.05) is 24.6 Å². The van der Waals surface area contributed by atoms with Crippen molar-refractivity contribution in [2.24, 2.45) is 11.7 Å². The van der Waals surface area contributed by atoms with Crippen molar-refractivity contribution >= 4 is 17.7 Å². The van der Waals surface area contributed by atoms with Gasteiger partial charge in [-0.05, 0) is 23.8 Å². The van der Waals surface area contributed by atoms with Gasteiger partial charge in [0.15, 0.2) is 0 Å². The fraction of sp³-hybridized carbons (Fsp3) is 0.636. The summed E-state index contributed by atoms with van der Waals surface area (Å²) < 4.78 is 1.83. The van der Waals surface area contributed by atoms with Gasteiger partial charge in [-0.3, -0.25) is 4.79 Å². The summed E-state index contributed by atoms with van der Waals surface area (Å²) in [5.74, 6) is 2.90. The number of hydrogen-bond acceptors (Lipinski definition) is 4. The smallest absolute Gasteiger partial charge is 0.271 e. The largest absolute Gasteiger partial charge is 0.350 e. The Morgan fingerprint density at radius 1 is 1.71 bits per heavy atom. The molecule has 1 fully saturated rings. The van der Waals surface area contributed by atoms with Gasteiger partial charge in [-0.15, -0.1) is 0 Å². The Bertz CT molecular complexity index is 373. The van der Waals surface area contributed by atoms with Crippen LogP contribution in [0.4, 0.5) is 0 Å². The minimum Gasteiger partial charge on any atom is -0.350 e. The van der Waals surface area contributed by atoms with Crippen molar-refractivity contribution in [1.29, 1.82) is 0 Å². The lowest BCUT2D eigenvalue weighted by Gasteiger charge is -2.08. The van der Waals surface area contributed by atoms with Crippen LogP contribution in [-0.4, -0.2) is 40.1 Å². The van der Waals surface area contributed by atoms with E-state index in [0.29, 0.717) is 24.7 Å². The molecule has 0 aliphatic carbocycles. The topological polar surface area (TPSA) is 72.9 Å². The second kappa shape index (κ2) is 6.07. The van der Waals surface area contributed by atoms with Crippen LogP contribution in [-0.2, 0) is 6.54 Å². The van der Waals surface area contributed by atoms with E-state index >= 15 is 0 Å². The number of carbonyl (C=O) groups excluding carboxylic acids is 1. The third-order valence-electron chi connectivity index (χ3n) is 2.83. The molecule has 0 radical (unpaired) electrons. The van der Waals surface area contributed by atoms with Gasteiger partial charge in [0.2, 0.25) is 0 Å². The van der Waals surface area contributed by atoms with Crippen LogP contribution in [0, 0.1) is 5.92 Å². The summed E-state index contributed by atoms with van der Waals surface area (Å²) in [5, 5.41) is 2.94. The molecule has 1 saturated heterocycles. The number of imidazole rings is 1. The van der Waals surface area contributed by atoms with Crippen molar-refractivity contribution < 1.29 is 4.79 Å². The molecule has 94 valence electrons. The normalized spacial score (nSPS) is 19.5. The van der Waals surface area contributed by atoms with Gasteiger partial charge in [0.25, 0.3) is 5.91 Å². The molecule has 1 aliphatic rings. The highest BCUT2D eigenvalue weighted by Gasteiger charge is 2.17. The second-order valence-electron chi connectivity index (χ2n) is 4.23. The van der Waals surface area contributed by atoms with Crippen LogP contribution in [0.2, 0.25) is 0 Å². The quantitative estimate of drug-likeness (QED) is 0.794. The molecule has 6 heteroatoms. The fourth-order valence-electron chi connectivity index (χ4n) is 1.82. The van der Waals surface area contributed by atoms with Gasteiger partial charge in [0, 0.05) is 25.8 Å². The average Bonchev–Trinajstić information content (AvgIpc) is 2.97. The van der Waals surface area contributed by atoms with Gasteiger partial charge in [0.1, 0.15) is 5.69 Å². The van der Waals surface area contributed by atoms with E-state index in [-0.39, 0.29) is 5.91 Å². The zero-order valence-corrected chi connectivity index (χ0v) is 10.6. The van der Waals surface area contributed by atoms with Crippen LogP contribution in [0.3, 0.4) is 0 Å². The fourth-order valence-corrected chi connectivity index (χ4v) is 3.11. The van der Waals surface area contributed by atoms with Crippen LogP contribution in [0.1, 0.15) is 16.9 Å². The predicted octanol–water partition coefficient (Wildman–Crippen LogP) is 0.325. The van der Waals surface area contributed by atoms with E-state index in [9.17, 15) is 4.79 Å². The lowest BCUT2D eigenvalue weighted by atomic mass is 10.1. The molecule has 0 saturated carbocycles. The maximum atomic E-state index is 11.8. The van der Waals surface area contributed by atoms with Crippen molar-refractivity contribution in [3.63, 3.8) is 0 Å². The summed E-state index contributed by atoms with van der Waals surface area (Å²) in [6, 6.07) is 0. The Labute approximate surface area is 105 Å². The average molecular weight is 254 g/mol. The molecule has 17 heavy (non-hydrogen) atoms. The number of aromatic nitrogens is 2. The number of hydrogen-bond donors (Lipinski definition) is 2. The Kier molecular flexibility index (Phi) is 4.44. The number of rotatable bonds is 5. The van der Waals surface area contributed by atoms with E-state index in [0.717, 1.165) is 12.3 Å². The number of carbonyl (C=O) groups is 1. The second-order valence-corrected chi connectivity index (χ2v) is 5.37. The molecule has 0 aromatic carbocycles. The van der Waals surface area contributed by atoms with Crippen molar-refractivity contribution in [3.05, 3.63) is 18.2 Å². The molecule has 1 aromatic heterocycles. The van der Waals surface area contributed by atoms with Gasteiger partial charge in [0.05, 0.1) is 6.33 Å². The Balaban J connectivity index is 1.81. The molecule has 3 N–H and O–H groups in total. The maximum Gasteiger partial charge on any atom is 0.271 e. The van der Waals surface area contributed by atoms with Gasteiger partial charge >= 0.3 is 0 Å². The molecule has 1 unspecified atom stereocenters. The number of thioether (sulfide) groups is 1. The number of nitrogens with one attached hydrogen (secondary N) is 1. The van der Waals surface area contributed by atoms with Crippen LogP contribution in [0.25, 0.3) is 0 Å². The Hall–Kier alpha value is -1.01. The number of nitrogens with two attached hydrogens (primary N) is 1. The molecule has 5 nitrogen and oxygen atoms in total. The number of amides is 1. The molecule has 1 amide bonds. The van der Waals surface area contributed by atoms with Crippen molar-refractivity contribution in [1.82, 2.24) is 14.9 Å². The zero-order chi connectivity index (χ0) is 12.1. The molecule has 0 bridgehead atoms. The van der Waals surface area contributed by atoms with Crippen LogP contribution < -0.4 is 11.1 Å². The van der Waals surface area contributed by atoms with Gasteiger partial charge in [-0.25, -0.2) is 4.98 Å². The first-order chi connectivity index (χ1) is 8.29. The maximum absolute atomic E-state index is 11.8. The SMILES string of the molecule is NCCn1cnc(C(=O)NCC2CCSC2)c1. The van der Waals surface area contributed by atoms with E-state index in [4.69, 9.17) is 5.73 Å². The lowest BCUT2D eigenvalue weighted by molar-refractivity contribution is 0.0944. The molecular formula is C11H18N4OS. The van der Waals surface area contributed by atoms with Crippen molar-refractivity contribution in [2.45, 2.75) is 13.0 Å². The predicted molar refractivity (Wildman–Crippen MR) is 69.0 cm³/mol. The van der Waals surface area contributed by atoms with E-state index in [1.54, 1.807) is 12.5 Å². The Morgan fingerprint density at radius 2 is 2.59 bits per heavy atom. The Morgan fingerprint density at radius 3 is 3.29 bits per heavy atom. The summed E-state index contributed by atoms with van der Waals surface area (Å²) in [7, 11) is 0. The van der Waals surface area contributed by atoms with Gasteiger partial charge in [-0.2, -0.15) is 11.8 Å². The molecule has 1 atom stereocenters. The number of nitrogens with zero attached hydrogens (tertiary/aromatic N) is 2. The summed E-state index contributed by atoms with van der Waals surface area (Å²) in [6.45, 7) is 2.01. The van der Waals surface area contributed by atoms with E-state index in [1.165, 1.54) is 12.2 Å². The molecule has 1 aliphatic heterocycles. The van der Waals surface area contributed by atoms with Crippen LogP contribution in [0.15, 0.2) is 12.5 Å². The van der Waals surface area contributed by atoms with Crippen LogP contribution >= 0.6 is 11.8 Å². The summed E-state index contributed by atoms with van der Waals surface area (Å²) in [6.07, 6.45) is 4.59. The molecule has 1 aromatic rings. The van der Waals surface area contributed by atoms with E-state index in [1.807, 2.05) is 16.3 Å². The molecule has 0 spiro atoms. The van der Waals surface area contributed by atoms with E-state index < -0.39 is 0 Å². The monoisotopic (exact) mass is 254 g/mol. The summed E-state index contributed by atoms with van der Waals surface area (Å²) in [5.41, 5.74) is 5.91. The zero-order valence-electron chi connectivity index (χ0n) is 9.76. The first kappa shape index (κ1) is 12.4. The molecule has 2 rings (SSSR count). The highest BCUT2D eigenvalue weighted by molar-refractivity contribution is 7.99. The summed E-state index contributed by atoms with van der Waals surface area (Å²) in [4.78, 5) is 15.9. The van der Waals surface area contributed by atoms with E-state index in [2.05, 4.69) is 10.3 Å². The third kappa shape index (κ3) is 3.47. The minimum atomic E-state index is -0.0855. The standard InChI is InChI=1S/C11H18N4OS/c12-2-3-15-6-10(14-8-15)11(16)13-5-9-1-4-17-7-9/h6,8-9H,1-5,7,12H2,(H,13,16). The highest BCUT2D eigenvalue weighted by Crippen LogP contribution is 2.22. The summed E-state index contributed by atoms with van der Waals surface area (Å²) >= 11 is 1.96. The first-order valence-electron chi connectivity index (χ1n) is 5.87. The third-order valence-corrected chi connectivity index (χ3v) is 4.06. The first-order valence-corrected chi connectivity index (χ1v) is 7.03. The minimum absolute atomic E-state index is 0.0855. The van der Waals surface area contributed by atoms with Crippen LogP contribution in [0.5, 0.6) is 0 Å². The van der Waals surface area contributed by atoms with Gasteiger partial charge < -0.3 is 15.6 Å². The molecule has 2 heterocycles.